The lowest BCUT2D eigenvalue weighted by Gasteiger charge is -2.50. The van der Waals surface area contributed by atoms with Gasteiger partial charge in [0.2, 0.25) is 5.54 Å². The number of carboxylic acids is 1. The van der Waals surface area contributed by atoms with Crippen molar-refractivity contribution in [3.63, 3.8) is 0 Å². The predicted octanol–water partition coefficient (Wildman–Crippen LogP) is -0.803. The highest BCUT2D eigenvalue weighted by Crippen LogP contribution is 2.39. The normalized spacial score (nSPS) is 36.8. The van der Waals surface area contributed by atoms with Gasteiger partial charge in [0.1, 0.15) is 5.37 Å². The lowest BCUT2D eigenvalue weighted by molar-refractivity contribution is -0.164. The first-order valence-electron chi connectivity index (χ1n) is 3.72. The molecule has 1 unspecified atom stereocenters. The SMILES string of the molecule is NC1(C(=O)O)C(=O)N2C=CCS[C@H]21. The summed E-state index contributed by atoms with van der Waals surface area (Å²) in [5.41, 5.74) is 3.79. The van der Waals surface area contributed by atoms with Crippen molar-refractivity contribution >= 4 is 23.6 Å². The van der Waals surface area contributed by atoms with Crippen LogP contribution in [0.2, 0.25) is 0 Å². The summed E-state index contributed by atoms with van der Waals surface area (Å²) >= 11 is 1.36. The van der Waals surface area contributed by atoms with E-state index in [2.05, 4.69) is 0 Å². The monoisotopic (exact) mass is 200 g/mol. The van der Waals surface area contributed by atoms with E-state index in [9.17, 15) is 9.59 Å². The number of carbonyl (C=O) groups excluding carboxylic acids is 1. The molecule has 5 nitrogen and oxygen atoms in total. The highest BCUT2D eigenvalue weighted by Gasteiger charge is 2.64. The first kappa shape index (κ1) is 8.58. The number of β-lactam (4-membered cyclic amide) rings is 1. The zero-order valence-electron chi connectivity index (χ0n) is 6.64. The Bertz CT molecular complexity index is 317. The van der Waals surface area contributed by atoms with E-state index in [-0.39, 0.29) is 0 Å². The van der Waals surface area contributed by atoms with Crippen LogP contribution in [0.3, 0.4) is 0 Å². The molecule has 0 radical (unpaired) electrons. The Morgan fingerprint density at radius 2 is 2.54 bits per heavy atom. The summed E-state index contributed by atoms with van der Waals surface area (Å²) in [5.74, 6) is -1.09. The molecular weight excluding hydrogens is 192 g/mol. The van der Waals surface area contributed by atoms with Crippen molar-refractivity contribution in [2.75, 3.05) is 5.75 Å². The summed E-state index contributed by atoms with van der Waals surface area (Å²) in [6, 6.07) is 0. The maximum Gasteiger partial charge on any atom is 0.336 e. The van der Waals surface area contributed by atoms with E-state index < -0.39 is 22.8 Å². The first-order chi connectivity index (χ1) is 6.08. The summed E-state index contributed by atoms with van der Waals surface area (Å²) < 4.78 is 0. The second-order valence-corrected chi connectivity index (χ2v) is 4.07. The van der Waals surface area contributed by atoms with Crippen molar-refractivity contribution in [2.45, 2.75) is 10.9 Å². The summed E-state index contributed by atoms with van der Waals surface area (Å²) in [5, 5.41) is 8.35. The number of hydrogen-bond acceptors (Lipinski definition) is 4. The van der Waals surface area contributed by atoms with Crippen molar-refractivity contribution < 1.29 is 14.7 Å². The number of carbonyl (C=O) groups is 2. The molecule has 0 aliphatic carbocycles. The number of rotatable bonds is 1. The molecule has 0 bridgehead atoms. The fourth-order valence-corrected chi connectivity index (χ4v) is 2.61. The molecule has 13 heavy (non-hydrogen) atoms. The average Bonchev–Trinajstić information content (AvgIpc) is 2.15. The summed E-state index contributed by atoms with van der Waals surface area (Å²) in [7, 11) is 0. The molecule has 70 valence electrons. The van der Waals surface area contributed by atoms with Crippen LogP contribution in [0.5, 0.6) is 0 Å². The molecule has 0 aromatic rings. The van der Waals surface area contributed by atoms with Crippen LogP contribution >= 0.6 is 11.8 Å². The number of aliphatic carboxylic acids is 1. The van der Waals surface area contributed by atoms with Gasteiger partial charge >= 0.3 is 5.97 Å². The first-order valence-corrected chi connectivity index (χ1v) is 4.76. The Morgan fingerprint density at radius 3 is 3.15 bits per heavy atom. The van der Waals surface area contributed by atoms with E-state index in [4.69, 9.17) is 10.8 Å². The lowest BCUT2D eigenvalue weighted by atomic mass is 9.89. The Hall–Kier alpha value is -1.01. The van der Waals surface area contributed by atoms with Crippen molar-refractivity contribution in [3.05, 3.63) is 12.3 Å². The van der Waals surface area contributed by atoms with Gasteiger partial charge < -0.3 is 15.7 Å². The molecule has 1 amide bonds. The van der Waals surface area contributed by atoms with Crippen LogP contribution in [0.25, 0.3) is 0 Å². The Labute approximate surface area is 78.6 Å². The fraction of sp³-hybridized carbons (Fsp3) is 0.429. The Balaban J connectivity index is 2.31. The smallest absolute Gasteiger partial charge is 0.336 e. The third-order valence-corrected chi connectivity index (χ3v) is 3.50. The van der Waals surface area contributed by atoms with Gasteiger partial charge in [-0.25, -0.2) is 4.79 Å². The zero-order valence-corrected chi connectivity index (χ0v) is 7.45. The number of amides is 1. The maximum absolute atomic E-state index is 11.3. The molecule has 0 aromatic carbocycles. The number of carboxylic acid groups (broad SMARTS) is 1. The maximum atomic E-state index is 11.3. The topological polar surface area (TPSA) is 83.6 Å². The zero-order chi connectivity index (χ0) is 9.64. The summed E-state index contributed by atoms with van der Waals surface area (Å²) in [6.07, 6.45) is 3.40. The third-order valence-electron chi connectivity index (χ3n) is 2.20. The van der Waals surface area contributed by atoms with Crippen LogP contribution in [0, 0.1) is 0 Å². The van der Waals surface area contributed by atoms with Gasteiger partial charge in [0.15, 0.2) is 0 Å². The van der Waals surface area contributed by atoms with Gasteiger partial charge in [-0.15, -0.1) is 11.8 Å². The molecule has 2 atom stereocenters. The number of thioether (sulfide) groups is 1. The molecule has 1 saturated heterocycles. The van der Waals surface area contributed by atoms with E-state index in [0.717, 1.165) is 0 Å². The number of nitrogens with zero attached hydrogens (tertiary/aromatic N) is 1. The molecule has 3 N–H and O–H groups in total. The average molecular weight is 200 g/mol. The largest absolute Gasteiger partial charge is 0.479 e. The van der Waals surface area contributed by atoms with E-state index in [1.807, 2.05) is 0 Å². The minimum absolute atomic E-state index is 0.442. The standard InChI is InChI=1S/C7H8N2O3S/c8-7(6(11)12)4(10)9-2-1-3-13-5(7)9/h1-2,5H,3,8H2,(H,11,12)/t5-,7?/m0/s1. The number of hydrogen-bond donors (Lipinski definition) is 2. The van der Waals surface area contributed by atoms with Gasteiger partial charge in [0.05, 0.1) is 0 Å². The quantitative estimate of drug-likeness (QED) is 0.427. The lowest BCUT2D eigenvalue weighted by Crippen LogP contribution is -2.79. The van der Waals surface area contributed by atoms with Gasteiger partial charge in [-0.05, 0) is 0 Å². The van der Waals surface area contributed by atoms with E-state index in [1.165, 1.54) is 16.7 Å². The van der Waals surface area contributed by atoms with Crippen LogP contribution in [0.1, 0.15) is 0 Å². The van der Waals surface area contributed by atoms with Gasteiger partial charge in [-0.3, -0.25) is 4.79 Å². The van der Waals surface area contributed by atoms with E-state index in [1.54, 1.807) is 12.3 Å². The van der Waals surface area contributed by atoms with E-state index >= 15 is 0 Å². The molecule has 2 rings (SSSR count). The number of fused-ring (bicyclic) bond motifs is 1. The molecule has 1 fully saturated rings. The second kappa shape index (κ2) is 2.49. The minimum atomic E-state index is -1.71. The Kier molecular flexibility index (Phi) is 1.64. The van der Waals surface area contributed by atoms with Crippen LogP contribution in [-0.2, 0) is 9.59 Å². The molecule has 2 aliphatic rings. The number of nitrogens with two attached hydrogens (primary N) is 1. The Morgan fingerprint density at radius 1 is 1.85 bits per heavy atom. The minimum Gasteiger partial charge on any atom is -0.479 e. The molecule has 2 aliphatic heterocycles. The van der Waals surface area contributed by atoms with Gasteiger partial charge in [-0.1, -0.05) is 6.08 Å². The second-order valence-electron chi connectivity index (χ2n) is 2.96. The van der Waals surface area contributed by atoms with E-state index in [0.29, 0.717) is 5.75 Å². The van der Waals surface area contributed by atoms with Gasteiger partial charge in [0.25, 0.3) is 5.91 Å². The molecule has 0 aromatic heterocycles. The van der Waals surface area contributed by atoms with Gasteiger partial charge in [0, 0.05) is 12.0 Å². The predicted molar refractivity (Wildman–Crippen MR) is 46.8 cm³/mol. The summed E-state index contributed by atoms with van der Waals surface area (Å²) in [6.45, 7) is 0. The van der Waals surface area contributed by atoms with Crippen LogP contribution < -0.4 is 5.73 Å². The molecule has 0 saturated carbocycles. The van der Waals surface area contributed by atoms with Gasteiger partial charge in [-0.2, -0.15) is 0 Å². The van der Waals surface area contributed by atoms with Crippen molar-refractivity contribution in [1.29, 1.82) is 0 Å². The summed E-state index contributed by atoms with van der Waals surface area (Å²) in [4.78, 5) is 23.4. The molecule has 0 spiro atoms. The molecule has 2 heterocycles. The van der Waals surface area contributed by atoms with Crippen molar-refractivity contribution in [3.8, 4) is 0 Å². The molecule has 6 heteroatoms. The van der Waals surface area contributed by atoms with Crippen molar-refractivity contribution in [2.24, 2.45) is 5.73 Å². The van der Waals surface area contributed by atoms with Crippen LogP contribution in [0.15, 0.2) is 12.3 Å². The highest BCUT2D eigenvalue weighted by molar-refractivity contribution is 8.00. The fourth-order valence-electron chi connectivity index (χ4n) is 1.44. The third kappa shape index (κ3) is 0.868. The highest BCUT2D eigenvalue weighted by atomic mass is 32.2. The van der Waals surface area contributed by atoms with Crippen molar-refractivity contribution in [1.82, 2.24) is 4.90 Å². The molecular formula is C7H8N2O3S. The van der Waals surface area contributed by atoms with Crippen LogP contribution in [0.4, 0.5) is 0 Å². The van der Waals surface area contributed by atoms with Crippen LogP contribution in [-0.4, -0.2) is 38.5 Å².